The van der Waals surface area contributed by atoms with Crippen molar-refractivity contribution < 1.29 is 9.32 Å². The van der Waals surface area contributed by atoms with E-state index in [2.05, 4.69) is 21.6 Å². The fraction of sp³-hybridized carbons (Fsp3) is 0.562. The predicted molar refractivity (Wildman–Crippen MR) is 85.8 cm³/mol. The van der Waals surface area contributed by atoms with E-state index in [-0.39, 0.29) is 5.91 Å². The fourth-order valence-electron chi connectivity index (χ4n) is 3.17. The van der Waals surface area contributed by atoms with E-state index in [1.807, 2.05) is 4.90 Å². The molecule has 1 fully saturated rings. The topological polar surface area (TPSA) is 85.2 Å². The first-order valence-electron chi connectivity index (χ1n) is 8.09. The molecule has 2 N–H and O–H groups in total. The van der Waals surface area contributed by atoms with E-state index in [1.165, 1.54) is 10.4 Å². The molecule has 1 amide bonds. The van der Waals surface area contributed by atoms with Gasteiger partial charge in [-0.2, -0.15) is 4.98 Å². The number of amides is 1. The van der Waals surface area contributed by atoms with Crippen LogP contribution in [0.3, 0.4) is 0 Å². The van der Waals surface area contributed by atoms with Crippen LogP contribution in [0, 0.1) is 0 Å². The molecular formula is C16H20N4O2S. The van der Waals surface area contributed by atoms with Crippen molar-refractivity contribution in [1.82, 2.24) is 15.0 Å². The zero-order valence-corrected chi connectivity index (χ0v) is 13.8. The van der Waals surface area contributed by atoms with Gasteiger partial charge in [-0.3, -0.25) is 4.79 Å². The molecule has 7 heteroatoms. The van der Waals surface area contributed by atoms with Crippen molar-refractivity contribution in [2.45, 2.75) is 50.6 Å². The van der Waals surface area contributed by atoms with Gasteiger partial charge in [-0.25, -0.2) is 0 Å². The van der Waals surface area contributed by atoms with Crippen molar-refractivity contribution in [3.05, 3.63) is 33.6 Å². The van der Waals surface area contributed by atoms with E-state index in [0.717, 1.165) is 38.8 Å². The third kappa shape index (κ3) is 2.79. The van der Waals surface area contributed by atoms with Gasteiger partial charge >= 0.3 is 0 Å². The van der Waals surface area contributed by atoms with Crippen molar-refractivity contribution in [3.8, 4) is 0 Å². The zero-order chi connectivity index (χ0) is 15.9. The van der Waals surface area contributed by atoms with Crippen LogP contribution >= 0.6 is 11.3 Å². The Balaban J connectivity index is 1.33. The number of nitrogens with zero attached hydrogens (tertiary/aromatic N) is 3. The monoisotopic (exact) mass is 332 g/mol. The number of hydrogen-bond donors (Lipinski definition) is 1. The summed E-state index contributed by atoms with van der Waals surface area (Å²) in [5.74, 6) is 1.25. The van der Waals surface area contributed by atoms with E-state index >= 15 is 0 Å². The minimum atomic E-state index is -0.409. The Morgan fingerprint density at radius 2 is 2.35 bits per heavy atom. The van der Waals surface area contributed by atoms with Crippen LogP contribution in [0.1, 0.15) is 47.8 Å². The highest BCUT2D eigenvalue weighted by molar-refractivity contribution is 7.10. The minimum absolute atomic E-state index is 0.146. The standard InChI is InChI=1S/C16H20N4O2S/c17-16(6-1-7-16)15-18-13(22-19-15)2-3-14(21)20-8-4-12-11(10-20)5-9-23-12/h5,9H,1-4,6-8,10,17H2. The summed E-state index contributed by atoms with van der Waals surface area (Å²) in [4.78, 5) is 20.1. The van der Waals surface area contributed by atoms with Gasteiger partial charge in [0.05, 0.1) is 5.54 Å². The maximum absolute atomic E-state index is 12.4. The number of nitrogens with two attached hydrogens (primary N) is 1. The molecule has 0 radical (unpaired) electrons. The summed E-state index contributed by atoms with van der Waals surface area (Å²) in [5, 5.41) is 6.09. The smallest absolute Gasteiger partial charge is 0.227 e. The summed E-state index contributed by atoms with van der Waals surface area (Å²) in [7, 11) is 0. The molecule has 2 aromatic rings. The van der Waals surface area contributed by atoms with Crippen molar-refractivity contribution >= 4 is 17.2 Å². The number of fused-ring (bicyclic) bond motifs is 1. The number of thiophene rings is 1. The van der Waals surface area contributed by atoms with E-state index in [1.54, 1.807) is 11.3 Å². The fourth-order valence-corrected chi connectivity index (χ4v) is 4.06. The number of hydrogen-bond acceptors (Lipinski definition) is 6. The highest BCUT2D eigenvalue weighted by atomic mass is 32.1. The van der Waals surface area contributed by atoms with Gasteiger partial charge in [0, 0.05) is 30.8 Å². The third-order valence-electron chi connectivity index (χ3n) is 4.87. The molecule has 0 spiro atoms. The van der Waals surface area contributed by atoms with Crippen LogP contribution in [0.15, 0.2) is 16.0 Å². The van der Waals surface area contributed by atoms with Gasteiger partial charge in [0.2, 0.25) is 11.8 Å². The first kappa shape index (κ1) is 14.8. The summed E-state index contributed by atoms with van der Waals surface area (Å²) in [6.07, 6.45) is 4.76. The predicted octanol–water partition coefficient (Wildman–Crippen LogP) is 1.99. The van der Waals surface area contributed by atoms with E-state index in [9.17, 15) is 4.79 Å². The van der Waals surface area contributed by atoms with E-state index < -0.39 is 5.54 Å². The Labute approximate surface area is 138 Å². The molecule has 0 bridgehead atoms. The average molecular weight is 332 g/mol. The van der Waals surface area contributed by atoms with Crippen molar-refractivity contribution in [1.29, 1.82) is 0 Å². The lowest BCUT2D eigenvalue weighted by Crippen LogP contribution is -2.44. The molecule has 0 saturated heterocycles. The second-order valence-electron chi connectivity index (χ2n) is 6.46. The number of aryl methyl sites for hydroxylation is 1. The summed E-state index contributed by atoms with van der Waals surface area (Å²) in [6.45, 7) is 1.52. The lowest BCUT2D eigenvalue weighted by Gasteiger charge is -2.34. The molecule has 1 aliphatic carbocycles. The van der Waals surface area contributed by atoms with Gasteiger partial charge in [-0.05, 0) is 42.7 Å². The molecular weight excluding hydrogens is 312 g/mol. The normalized spacial score (nSPS) is 19.3. The Morgan fingerprint density at radius 3 is 3.13 bits per heavy atom. The van der Waals surface area contributed by atoms with Crippen LogP contribution in [-0.4, -0.2) is 27.5 Å². The van der Waals surface area contributed by atoms with Gasteiger partial charge in [0.25, 0.3) is 0 Å². The van der Waals surface area contributed by atoms with Crippen LogP contribution in [0.4, 0.5) is 0 Å². The molecule has 1 saturated carbocycles. The minimum Gasteiger partial charge on any atom is -0.339 e. The largest absolute Gasteiger partial charge is 0.339 e. The quantitative estimate of drug-likeness (QED) is 0.925. The molecule has 2 aliphatic rings. The SMILES string of the molecule is NC1(c2noc(CCC(=O)N3CCc4sccc4C3)n2)CCC1. The van der Waals surface area contributed by atoms with E-state index in [0.29, 0.717) is 24.6 Å². The lowest BCUT2D eigenvalue weighted by atomic mass is 9.77. The number of carbonyl (C=O) groups excluding carboxylic acids is 1. The van der Waals surface area contributed by atoms with Gasteiger partial charge in [-0.1, -0.05) is 5.16 Å². The van der Waals surface area contributed by atoms with Crippen LogP contribution < -0.4 is 5.73 Å². The molecule has 0 atom stereocenters. The van der Waals surface area contributed by atoms with Gasteiger partial charge in [0.15, 0.2) is 5.82 Å². The summed E-state index contributed by atoms with van der Waals surface area (Å²) < 4.78 is 5.26. The first-order chi connectivity index (χ1) is 11.1. The molecule has 3 heterocycles. The Kier molecular flexibility index (Phi) is 3.69. The number of rotatable bonds is 4. The van der Waals surface area contributed by atoms with Crippen molar-refractivity contribution in [3.63, 3.8) is 0 Å². The summed E-state index contributed by atoms with van der Waals surface area (Å²) >= 11 is 1.78. The second kappa shape index (κ2) is 5.72. The van der Waals surface area contributed by atoms with Crippen molar-refractivity contribution in [2.24, 2.45) is 5.73 Å². The van der Waals surface area contributed by atoms with Gasteiger partial charge < -0.3 is 15.2 Å². The van der Waals surface area contributed by atoms with Crippen LogP contribution in [0.5, 0.6) is 0 Å². The molecule has 1 aliphatic heterocycles. The molecule has 122 valence electrons. The summed E-state index contributed by atoms with van der Waals surface area (Å²) in [5.41, 5.74) is 7.06. The summed E-state index contributed by atoms with van der Waals surface area (Å²) in [6, 6.07) is 2.11. The molecule has 4 rings (SSSR count). The number of carbonyl (C=O) groups is 1. The molecule has 0 aromatic carbocycles. The second-order valence-corrected chi connectivity index (χ2v) is 7.46. The van der Waals surface area contributed by atoms with Gasteiger partial charge in [0.1, 0.15) is 0 Å². The maximum Gasteiger partial charge on any atom is 0.227 e. The van der Waals surface area contributed by atoms with E-state index in [4.69, 9.17) is 10.3 Å². The average Bonchev–Trinajstić information content (AvgIpc) is 3.18. The highest BCUT2D eigenvalue weighted by Crippen LogP contribution is 2.36. The van der Waals surface area contributed by atoms with Gasteiger partial charge in [-0.15, -0.1) is 11.3 Å². The molecule has 6 nitrogen and oxygen atoms in total. The molecule has 23 heavy (non-hydrogen) atoms. The number of aromatic nitrogens is 2. The molecule has 0 unspecified atom stereocenters. The molecule has 2 aromatic heterocycles. The Morgan fingerprint density at radius 1 is 1.48 bits per heavy atom. The van der Waals surface area contributed by atoms with Crippen LogP contribution in [0.25, 0.3) is 0 Å². The third-order valence-corrected chi connectivity index (χ3v) is 5.90. The highest BCUT2D eigenvalue weighted by Gasteiger charge is 2.39. The van der Waals surface area contributed by atoms with Crippen LogP contribution in [0.2, 0.25) is 0 Å². The van der Waals surface area contributed by atoms with Crippen molar-refractivity contribution in [2.75, 3.05) is 6.54 Å². The first-order valence-corrected chi connectivity index (χ1v) is 8.97. The zero-order valence-electron chi connectivity index (χ0n) is 13.0. The van der Waals surface area contributed by atoms with Crippen LogP contribution in [-0.2, 0) is 29.7 Å². The Hall–Kier alpha value is -1.73. The Bertz CT molecular complexity index is 719. The lowest BCUT2D eigenvalue weighted by molar-refractivity contribution is -0.132. The maximum atomic E-state index is 12.4.